The summed E-state index contributed by atoms with van der Waals surface area (Å²) in [6.07, 6.45) is 1.77. The molecule has 114 valence electrons. The fraction of sp³-hybridized carbons (Fsp3) is 0. The van der Waals surface area contributed by atoms with Gasteiger partial charge >= 0.3 is 0 Å². The minimum atomic E-state index is 0.00287. The quantitative estimate of drug-likeness (QED) is 0.445. The van der Waals surface area contributed by atoms with Crippen molar-refractivity contribution in [2.75, 3.05) is 0 Å². The van der Waals surface area contributed by atoms with Gasteiger partial charge in [0.1, 0.15) is 0 Å². The Morgan fingerprint density at radius 2 is 1.75 bits per heavy atom. The molecule has 24 heavy (non-hydrogen) atoms. The van der Waals surface area contributed by atoms with Gasteiger partial charge < -0.3 is 0 Å². The molecule has 2 aromatic carbocycles. The molecule has 0 N–H and O–H groups in total. The third-order valence-electron chi connectivity index (χ3n) is 4.34. The highest BCUT2D eigenvalue weighted by Crippen LogP contribution is 2.30. The van der Waals surface area contributed by atoms with E-state index in [-0.39, 0.29) is 5.56 Å². The van der Waals surface area contributed by atoms with Crippen LogP contribution in [0.3, 0.4) is 0 Å². The van der Waals surface area contributed by atoms with Gasteiger partial charge in [0.05, 0.1) is 22.1 Å². The molecular weight excluding hydrogens is 316 g/mol. The van der Waals surface area contributed by atoms with E-state index in [4.69, 9.17) is 0 Å². The Balaban J connectivity index is 2.05. The monoisotopic (exact) mass is 328 g/mol. The van der Waals surface area contributed by atoms with Crippen LogP contribution in [0.2, 0.25) is 0 Å². The number of thiophene rings is 1. The van der Waals surface area contributed by atoms with Crippen LogP contribution in [0.5, 0.6) is 0 Å². The molecule has 0 radical (unpaired) electrons. The second-order valence-corrected chi connectivity index (χ2v) is 6.59. The maximum absolute atomic E-state index is 13.2. The molecule has 0 amide bonds. The highest BCUT2D eigenvalue weighted by Gasteiger charge is 2.14. The van der Waals surface area contributed by atoms with Crippen molar-refractivity contribution >= 4 is 43.2 Å². The van der Waals surface area contributed by atoms with Crippen molar-refractivity contribution in [3.8, 4) is 5.69 Å². The lowest BCUT2D eigenvalue weighted by Gasteiger charge is -2.13. The van der Waals surface area contributed by atoms with E-state index < -0.39 is 0 Å². The summed E-state index contributed by atoms with van der Waals surface area (Å²) >= 11 is 1.61. The highest BCUT2D eigenvalue weighted by molar-refractivity contribution is 7.18. The summed E-state index contributed by atoms with van der Waals surface area (Å²) in [7, 11) is 0. The van der Waals surface area contributed by atoms with Gasteiger partial charge in [0.15, 0.2) is 0 Å². The zero-order chi connectivity index (χ0) is 16.1. The summed E-state index contributed by atoms with van der Waals surface area (Å²) < 4.78 is 2.83. The van der Waals surface area contributed by atoms with Gasteiger partial charge in [0, 0.05) is 21.7 Å². The smallest absolute Gasteiger partial charge is 0.264 e. The largest absolute Gasteiger partial charge is 0.274 e. The summed E-state index contributed by atoms with van der Waals surface area (Å²) in [5.41, 5.74) is 2.57. The molecule has 0 aliphatic carbocycles. The molecular formula is C20H12N2OS. The third kappa shape index (κ3) is 1.77. The Morgan fingerprint density at radius 1 is 0.875 bits per heavy atom. The van der Waals surface area contributed by atoms with E-state index in [1.54, 1.807) is 22.1 Å². The molecule has 0 saturated carbocycles. The van der Waals surface area contributed by atoms with Crippen LogP contribution in [0.15, 0.2) is 77.0 Å². The van der Waals surface area contributed by atoms with Crippen LogP contribution >= 0.6 is 11.3 Å². The van der Waals surface area contributed by atoms with Crippen LogP contribution in [0.25, 0.3) is 37.6 Å². The summed E-state index contributed by atoms with van der Waals surface area (Å²) in [4.78, 5) is 17.7. The first-order valence-electron chi connectivity index (χ1n) is 7.70. The molecule has 5 aromatic rings. The molecule has 0 atom stereocenters. The summed E-state index contributed by atoms with van der Waals surface area (Å²) in [5, 5.41) is 4.85. The van der Waals surface area contributed by atoms with Crippen LogP contribution in [-0.4, -0.2) is 9.55 Å². The van der Waals surface area contributed by atoms with Crippen LogP contribution in [-0.2, 0) is 0 Å². The second kappa shape index (κ2) is 5.01. The van der Waals surface area contributed by atoms with E-state index in [2.05, 4.69) is 11.1 Å². The average Bonchev–Trinajstić information content (AvgIpc) is 3.12. The summed E-state index contributed by atoms with van der Waals surface area (Å²) in [5.74, 6) is 0. The van der Waals surface area contributed by atoms with E-state index in [0.717, 1.165) is 37.6 Å². The van der Waals surface area contributed by atoms with E-state index in [1.165, 1.54) is 0 Å². The fourth-order valence-electron chi connectivity index (χ4n) is 3.28. The molecule has 0 spiro atoms. The molecule has 3 heterocycles. The number of benzene rings is 2. The van der Waals surface area contributed by atoms with Crippen molar-refractivity contribution in [3.05, 3.63) is 82.6 Å². The molecule has 5 rings (SSSR count). The standard InChI is InChI=1S/C20H12N2OS/c23-20-15-10-12-24-19(15)14-7-1-2-8-16(14)22(20)17-9-3-5-13-6-4-11-21-18(13)17/h1-12H. The van der Waals surface area contributed by atoms with Crippen molar-refractivity contribution in [1.29, 1.82) is 0 Å². The number of nitrogens with zero attached hydrogens (tertiary/aromatic N) is 2. The maximum Gasteiger partial charge on any atom is 0.264 e. The lowest BCUT2D eigenvalue weighted by atomic mass is 10.1. The lowest BCUT2D eigenvalue weighted by molar-refractivity contribution is 1.07. The minimum Gasteiger partial charge on any atom is -0.274 e. The molecule has 0 aliphatic rings. The molecule has 0 unspecified atom stereocenters. The van der Waals surface area contributed by atoms with Gasteiger partial charge in [0.25, 0.3) is 5.56 Å². The predicted octanol–water partition coefficient (Wildman–Crippen LogP) is 4.75. The first kappa shape index (κ1) is 13.5. The molecule has 3 nitrogen and oxygen atoms in total. The SMILES string of the molecule is O=c1c2ccsc2c2ccccc2n1-c1cccc2cccnc12. The van der Waals surface area contributed by atoms with Crippen LogP contribution in [0.4, 0.5) is 0 Å². The Kier molecular flexibility index (Phi) is 2.81. The van der Waals surface area contributed by atoms with Gasteiger partial charge in [-0.05, 0) is 29.6 Å². The predicted molar refractivity (Wildman–Crippen MR) is 100 cm³/mol. The fourth-order valence-corrected chi connectivity index (χ4v) is 4.21. The van der Waals surface area contributed by atoms with Gasteiger partial charge in [-0.15, -0.1) is 11.3 Å². The number of pyridine rings is 2. The number of para-hydroxylation sites is 2. The summed E-state index contributed by atoms with van der Waals surface area (Å²) in [6, 6.07) is 19.8. The van der Waals surface area contributed by atoms with Gasteiger partial charge in [-0.25, -0.2) is 0 Å². The van der Waals surface area contributed by atoms with Gasteiger partial charge in [0.2, 0.25) is 0 Å². The molecule has 0 aliphatic heterocycles. The maximum atomic E-state index is 13.2. The Hall–Kier alpha value is -2.98. The van der Waals surface area contributed by atoms with Crippen molar-refractivity contribution in [2.24, 2.45) is 0 Å². The number of fused-ring (bicyclic) bond motifs is 4. The van der Waals surface area contributed by atoms with Crippen LogP contribution < -0.4 is 5.56 Å². The van der Waals surface area contributed by atoms with Crippen molar-refractivity contribution in [3.63, 3.8) is 0 Å². The van der Waals surface area contributed by atoms with Crippen molar-refractivity contribution in [1.82, 2.24) is 9.55 Å². The lowest BCUT2D eigenvalue weighted by Crippen LogP contribution is -2.19. The Bertz CT molecular complexity index is 1280. The van der Waals surface area contributed by atoms with Gasteiger partial charge in [-0.3, -0.25) is 14.3 Å². The minimum absolute atomic E-state index is 0.00287. The number of aromatic nitrogens is 2. The molecule has 3 aromatic heterocycles. The van der Waals surface area contributed by atoms with Crippen LogP contribution in [0.1, 0.15) is 0 Å². The first-order valence-corrected chi connectivity index (χ1v) is 8.57. The molecule has 0 fully saturated rings. The zero-order valence-corrected chi connectivity index (χ0v) is 13.5. The van der Waals surface area contributed by atoms with E-state index in [9.17, 15) is 4.79 Å². The van der Waals surface area contributed by atoms with Crippen molar-refractivity contribution in [2.45, 2.75) is 0 Å². The average molecular weight is 328 g/mol. The topological polar surface area (TPSA) is 34.9 Å². The Labute approximate surface area is 141 Å². The van der Waals surface area contributed by atoms with E-state index >= 15 is 0 Å². The molecule has 4 heteroatoms. The van der Waals surface area contributed by atoms with Gasteiger partial charge in [-0.1, -0.05) is 36.4 Å². The third-order valence-corrected chi connectivity index (χ3v) is 5.29. The highest BCUT2D eigenvalue weighted by atomic mass is 32.1. The van der Waals surface area contributed by atoms with Gasteiger partial charge in [-0.2, -0.15) is 0 Å². The van der Waals surface area contributed by atoms with E-state index in [1.807, 2.05) is 60.0 Å². The van der Waals surface area contributed by atoms with E-state index in [0.29, 0.717) is 0 Å². The van der Waals surface area contributed by atoms with Crippen LogP contribution in [0, 0.1) is 0 Å². The normalized spacial score (nSPS) is 11.5. The summed E-state index contributed by atoms with van der Waals surface area (Å²) in [6.45, 7) is 0. The Morgan fingerprint density at radius 3 is 2.71 bits per heavy atom. The number of rotatable bonds is 1. The molecule has 0 saturated heterocycles. The zero-order valence-electron chi connectivity index (χ0n) is 12.6. The number of hydrogen-bond donors (Lipinski definition) is 0. The number of hydrogen-bond acceptors (Lipinski definition) is 3. The second-order valence-electron chi connectivity index (χ2n) is 5.67. The molecule has 0 bridgehead atoms. The van der Waals surface area contributed by atoms with Crippen molar-refractivity contribution < 1.29 is 0 Å². The first-order chi connectivity index (χ1) is 11.8.